The number of fused-ring (bicyclic) bond motifs is 1. The minimum Gasteiger partial charge on any atom is -0.453 e. The summed E-state index contributed by atoms with van der Waals surface area (Å²) >= 11 is 5.93. The molecular weight excluding hydrogens is 540 g/mol. The molecule has 0 saturated carbocycles. The number of ether oxygens (including phenoxy) is 1. The van der Waals surface area contributed by atoms with Crippen molar-refractivity contribution in [1.82, 2.24) is 19.8 Å². The van der Waals surface area contributed by atoms with Crippen LogP contribution in [0.3, 0.4) is 0 Å². The zero-order valence-electron chi connectivity index (χ0n) is 21.5. The van der Waals surface area contributed by atoms with E-state index in [9.17, 15) is 18.4 Å². The van der Waals surface area contributed by atoms with Crippen molar-refractivity contribution in [3.63, 3.8) is 0 Å². The van der Waals surface area contributed by atoms with Gasteiger partial charge in [0.15, 0.2) is 11.6 Å². The topological polar surface area (TPSA) is 79.7 Å². The van der Waals surface area contributed by atoms with E-state index in [1.54, 1.807) is 18.3 Å². The molecule has 1 saturated heterocycles. The number of carbonyl (C=O) groups is 2. The van der Waals surface area contributed by atoms with Crippen molar-refractivity contribution in [3.05, 3.63) is 94.1 Å². The van der Waals surface area contributed by atoms with E-state index in [4.69, 9.17) is 16.3 Å². The van der Waals surface area contributed by atoms with Crippen molar-refractivity contribution >= 4 is 29.4 Å². The molecule has 2 aliphatic heterocycles. The van der Waals surface area contributed by atoms with Crippen LogP contribution in [0.2, 0.25) is 5.02 Å². The van der Waals surface area contributed by atoms with Gasteiger partial charge >= 0.3 is 6.03 Å². The van der Waals surface area contributed by atoms with Crippen LogP contribution in [0.5, 0.6) is 11.5 Å². The zero-order chi connectivity index (χ0) is 28.0. The molecule has 11 heteroatoms. The molecule has 6 rings (SSSR count). The van der Waals surface area contributed by atoms with Gasteiger partial charge in [0, 0.05) is 51.3 Å². The Morgan fingerprint density at radius 3 is 2.55 bits per heavy atom. The molecule has 0 unspecified atom stereocenters. The Bertz CT molecular complexity index is 1620. The highest BCUT2D eigenvalue weighted by Gasteiger charge is 2.28. The quantitative estimate of drug-likeness (QED) is 0.322. The first-order valence-electron chi connectivity index (χ1n) is 12.6. The van der Waals surface area contributed by atoms with Gasteiger partial charge in [-0.3, -0.25) is 19.9 Å². The van der Waals surface area contributed by atoms with Crippen molar-refractivity contribution in [2.45, 2.75) is 26.1 Å². The monoisotopic (exact) mass is 563 g/mol. The lowest BCUT2D eigenvalue weighted by atomic mass is 10.1. The van der Waals surface area contributed by atoms with Crippen LogP contribution in [0.1, 0.15) is 23.1 Å². The van der Waals surface area contributed by atoms with Gasteiger partial charge in [-0.15, -0.1) is 0 Å². The van der Waals surface area contributed by atoms with Crippen molar-refractivity contribution in [2.75, 3.05) is 11.4 Å². The zero-order valence-corrected chi connectivity index (χ0v) is 22.2. The summed E-state index contributed by atoms with van der Waals surface area (Å²) in [5, 5.41) is 2.21. The standard InChI is InChI=1S/C29H24ClF2N5O3/c1-35-26(37-9-8-25(38)34-29(37)39)13-33-28(35)18-4-5-19-15-36(16-20(19)10-18)14-17-2-6-22(7-3-17)40-27-23(30)11-21(31)12-24(27)32/h2-7,10-13H,8-9,14-16H2,1H3,(H,34,38,39). The fraction of sp³-hybridized carbons (Fsp3) is 0.207. The van der Waals surface area contributed by atoms with Crippen LogP contribution in [-0.4, -0.2) is 32.9 Å². The molecule has 8 nitrogen and oxygen atoms in total. The molecular formula is C29H24ClF2N5O3. The highest BCUT2D eigenvalue weighted by Crippen LogP contribution is 2.34. The number of urea groups is 1. The summed E-state index contributed by atoms with van der Waals surface area (Å²) in [6.07, 6.45) is 1.90. The first-order chi connectivity index (χ1) is 19.2. The molecule has 204 valence electrons. The van der Waals surface area contributed by atoms with E-state index in [1.165, 1.54) is 16.0 Å². The van der Waals surface area contributed by atoms with Crippen LogP contribution in [0.25, 0.3) is 11.4 Å². The SMILES string of the molecule is Cn1c(N2CCC(=O)NC2=O)cnc1-c1ccc2c(c1)CN(Cc1ccc(Oc3c(F)cc(F)cc3Cl)cc1)C2. The van der Waals surface area contributed by atoms with Crippen LogP contribution in [0.4, 0.5) is 19.4 Å². The molecule has 3 amide bonds. The summed E-state index contributed by atoms with van der Waals surface area (Å²) in [6.45, 7) is 2.56. The van der Waals surface area contributed by atoms with E-state index < -0.39 is 17.7 Å². The van der Waals surface area contributed by atoms with Gasteiger partial charge in [-0.2, -0.15) is 0 Å². The number of imidazole rings is 1. The number of imide groups is 1. The maximum absolute atomic E-state index is 14.1. The molecule has 1 N–H and O–H groups in total. The van der Waals surface area contributed by atoms with E-state index in [1.807, 2.05) is 29.8 Å². The fourth-order valence-corrected chi connectivity index (χ4v) is 5.32. The molecule has 0 radical (unpaired) electrons. The lowest BCUT2D eigenvalue weighted by molar-refractivity contribution is -0.120. The summed E-state index contributed by atoms with van der Waals surface area (Å²) in [5.41, 5.74) is 4.42. The Morgan fingerprint density at radius 2 is 1.80 bits per heavy atom. The third-order valence-electron chi connectivity index (χ3n) is 7.06. The van der Waals surface area contributed by atoms with Gasteiger partial charge in [-0.05, 0) is 41.0 Å². The van der Waals surface area contributed by atoms with E-state index in [-0.39, 0.29) is 23.1 Å². The average Bonchev–Trinajstić information content (AvgIpc) is 3.49. The van der Waals surface area contributed by atoms with Crippen LogP contribution >= 0.6 is 11.6 Å². The summed E-state index contributed by atoms with van der Waals surface area (Å²) in [5.74, 6) is -0.365. The Hall–Kier alpha value is -4.28. The minimum atomic E-state index is -0.862. The summed E-state index contributed by atoms with van der Waals surface area (Å²) in [7, 11) is 1.85. The lowest BCUT2D eigenvalue weighted by Crippen LogP contribution is -2.50. The second-order valence-corrected chi connectivity index (χ2v) is 10.2. The first kappa shape index (κ1) is 26.0. The molecule has 3 aromatic carbocycles. The molecule has 0 atom stereocenters. The average molecular weight is 564 g/mol. The predicted octanol–water partition coefficient (Wildman–Crippen LogP) is 5.77. The maximum atomic E-state index is 14.1. The summed E-state index contributed by atoms with van der Waals surface area (Å²) in [6, 6.07) is 14.8. The largest absolute Gasteiger partial charge is 0.453 e. The smallest absolute Gasteiger partial charge is 0.329 e. The number of halogens is 3. The van der Waals surface area contributed by atoms with Crippen LogP contribution < -0.4 is 15.0 Å². The van der Waals surface area contributed by atoms with Gasteiger partial charge in [0.05, 0.1) is 11.2 Å². The van der Waals surface area contributed by atoms with Gasteiger partial charge in [0.1, 0.15) is 23.2 Å². The summed E-state index contributed by atoms with van der Waals surface area (Å²) < 4.78 is 34.8. The Kier molecular flexibility index (Phi) is 6.73. The molecule has 0 aliphatic carbocycles. The van der Waals surface area contributed by atoms with Gasteiger partial charge in [-0.1, -0.05) is 35.9 Å². The Balaban J connectivity index is 1.12. The normalized spacial score (nSPS) is 15.3. The third-order valence-corrected chi connectivity index (χ3v) is 7.34. The molecule has 3 heterocycles. The number of nitrogens with zero attached hydrogens (tertiary/aromatic N) is 4. The van der Waals surface area contributed by atoms with Crippen LogP contribution in [0.15, 0.2) is 60.8 Å². The van der Waals surface area contributed by atoms with E-state index in [0.717, 1.165) is 42.2 Å². The Morgan fingerprint density at radius 1 is 1.02 bits per heavy atom. The van der Waals surface area contributed by atoms with Gasteiger partial charge in [0.25, 0.3) is 0 Å². The van der Waals surface area contributed by atoms with Crippen molar-refractivity contribution < 1.29 is 23.1 Å². The molecule has 0 spiro atoms. The lowest BCUT2D eigenvalue weighted by Gasteiger charge is -2.26. The number of carbonyl (C=O) groups excluding carboxylic acids is 2. The van der Waals surface area contributed by atoms with Crippen molar-refractivity contribution in [1.29, 1.82) is 0 Å². The summed E-state index contributed by atoms with van der Waals surface area (Å²) in [4.78, 5) is 32.2. The van der Waals surface area contributed by atoms with Crippen LogP contribution in [0, 0.1) is 11.6 Å². The maximum Gasteiger partial charge on any atom is 0.329 e. The number of nitrogens with one attached hydrogen (secondary N) is 1. The van der Waals surface area contributed by atoms with Gasteiger partial charge < -0.3 is 9.30 Å². The van der Waals surface area contributed by atoms with E-state index in [2.05, 4.69) is 27.3 Å². The number of rotatable bonds is 6. The second kappa shape index (κ2) is 10.4. The first-order valence-corrected chi connectivity index (χ1v) is 13.0. The third kappa shape index (κ3) is 5.03. The van der Waals surface area contributed by atoms with Crippen LogP contribution in [-0.2, 0) is 31.5 Å². The number of hydrogen-bond acceptors (Lipinski definition) is 5. The molecule has 1 aromatic heterocycles. The van der Waals surface area contributed by atoms with Gasteiger partial charge in [-0.25, -0.2) is 18.6 Å². The molecule has 0 bridgehead atoms. The molecule has 1 fully saturated rings. The molecule has 2 aliphatic rings. The highest BCUT2D eigenvalue weighted by atomic mass is 35.5. The van der Waals surface area contributed by atoms with Crippen molar-refractivity contribution in [3.8, 4) is 22.9 Å². The number of amides is 3. The number of hydrogen-bond donors (Lipinski definition) is 1. The highest BCUT2D eigenvalue weighted by molar-refractivity contribution is 6.32. The fourth-order valence-electron chi connectivity index (χ4n) is 5.08. The van der Waals surface area contributed by atoms with Gasteiger partial charge in [0.2, 0.25) is 5.91 Å². The second-order valence-electron chi connectivity index (χ2n) is 9.83. The minimum absolute atomic E-state index is 0.133. The number of anilines is 1. The van der Waals surface area contributed by atoms with E-state index >= 15 is 0 Å². The van der Waals surface area contributed by atoms with Crippen molar-refractivity contribution in [2.24, 2.45) is 7.05 Å². The Labute approximate surface area is 233 Å². The number of aromatic nitrogens is 2. The molecule has 4 aromatic rings. The predicted molar refractivity (Wildman–Crippen MR) is 145 cm³/mol. The van der Waals surface area contributed by atoms with E-state index in [0.29, 0.717) is 24.7 Å². The number of benzene rings is 3. The molecule has 40 heavy (non-hydrogen) atoms.